The lowest BCUT2D eigenvalue weighted by molar-refractivity contribution is 0.0319. The summed E-state index contributed by atoms with van der Waals surface area (Å²) < 4.78 is 7.02. The van der Waals surface area contributed by atoms with Crippen molar-refractivity contribution >= 4 is 34.4 Å². The number of aryl methyl sites for hydroxylation is 1. The second-order valence-electron chi connectivity index (χ2n) is 5.53. The number of carbonyl (C=O) groups is 2. The van der Waals surface area contributed by atoms with E-state index in [9.17, 15) is 9.59 Å². The summed E-state index contributed by atoms with van der Waals surface area (Å²) in [6, 6.07) is 11.5. The number of Topliss-reactive ketones (excluding diaryl/α,β-unsaturated/α-hetero) is 1. The van der Waals surface area contributed by atoms with Crippen LogP contribution < -0.4 is 0 Å². The highest BCUT2D eigenvalue weighted by molar-refractivity contribution is 6.30. The van der Waals surface area contributed by atoms with Crippen molar-refractivity contribution < 1.29 is 14.3 Å². The average molecular weight is 358 g/mol. The molecule has 2 aromatic carbocycles. The van der Waals surface area contributed by atoms with Crippen LogP contribution in [0, 0.1) is 0 Å². The molecule has 0 amide bonds. The number of hydrogen-bond donors (Lipinski definition) is 0. The zero-order chi connectivity index (χ0) is 18.0. The van der Waals surface area contributed by atoms with E-state index in [-0.39, 0.29) is 5.78 Å². The van der Waals surface area contributed by atoms with E-state index in [1.807, 2.05) is 6.92 Å². The van der Waals surface area contributed by atoms with Crippen LogP contribution in [0.25, 0.3) is 11.0 Å². The van der Waals surface area contributed by atoms with Gasteiger partial charge in [-0.15, -0.1) is 5.10 Å². The molecule has 6 nitrogen and oxygen atoms in total. The fourth-order valence-electron chi connectivity index (χ4n) is 2.46. The zero-order valence-electron chi connectivity index (χ0n) is 13.8. The molecule has 3 rings (SSSR count). The van der Waals surface area contributed by atoms with Crippen molar-refractivity contribution in [2.45, 2.75) is 26.5 Å². The summed E-state index contributed by atoms with van der Waals surface area (Å²) in [6.45, 7) is 4.19. The Labute approximate surface area is 149 Å². The zero-order valence-corrected chi connectivity index (χ0v) is 14.5. The predicted molar refractivity (Wildman–Crippen MR) is 93.9 cm³/mol. The monoisotopic (exact) mass is 357 g/mol. The molecular formula is C18H16ClN3O3. The minimum Gasteiger partial charge on any atom is -0.451 e. The minimum absolute atomic E-state index is 0.289. The SMILES string of the molecule is CCn1nnc2cc(C(=O)O[C@H](C)C(=O)c3ccc(Cl)cc3)ccc21. The number of carbonyl (C=O) groups excluding carboxylic acids is 2. The average Bonchev–Trinajstić information content (AvgIpc) is 3.03. The Balaban J connectivity index is 1.74. The maximum atomic E-state index is 12.3. The molecular weight excluding hydrogens is 342 g/mol. The van der Waals surface area contributed by atoms with Gasteiger partial charge in [-0.25, -0.2) is 9.48 Å². The van der Waals surface area contributed by atoms with Gasteiger partial charge >= 0.3 is 5.97 Å². The van der Waals surface area contributed by atoms with Gasteiger partial charge in [0.15, 0.2) is 6.10 Å². The third-order valence-electron chi connectivity index (χ3n) is 3.83. The summed E-state index contributed by atoms with van der Waals surface area (Å²) in [4.78, 5) is 24.6. The molecule has 0 radical (unpaired) electrons. The van der Waals surface area contributed by atoms with Crippen LogP contribution in [0.5, 0.6) is 0 Å². The van der Waals surface area contributed by atoms with E-state index in [1.54, 1.807) is 54.1 Å². The predicted octanol–water partition coefficient (Wildman–Crippen LogP) is 3.53. The number of hydrogen-bond acceptors (Lipinski definition) is 5. The summed E-state index contributed by atoms with van der Waals surface area (Å²) in [6.07, 6.45) is -0.907. The Morgan fingerprint density at radius 2 is 1.84 bits per heavy atom. The molecule has 0 aliphatic carbocycles. The smallest absolute Gasteiger partial charge is 0.338 e. The van der Waals surface area contributed by atoms with E-state index in [1.165, 1.54) is 0 Å². The first-order valence-electron chi connectivity index (χ1n) is 7.83. The number of ether oxygens (including phenoxy) is 1. The third-order valence-corrected chi connectivity index (χ3v) is 4.08. The summed E-state index contributed by atoms with van der Waals surface area (Å²) >= 11 is 5.81. The van der Waals surface area contributed by atoms with E-state index >= 15 is 0 Å². The maximum Gasteiger partial charge on any atom is 0.338 e. The first-order chi connectivity index (χ1) is 12.0. The summed E-state index contributed by atoms with van der Waals surface area (Å²) in [5.41, 5.74) is 2.20. The second-order valence-corrected chi connectivity index (χ2v) is 5.96. The topological polar surface area (TPSA) is 74.1 Å². The lowest BCUT2D eigenvalue weighted by Crippen LogP contribution is -2.24. The lowest BCUT2D eigenvalue weighted by Gasteiger charge is -2.12. The fourth-order valence-corrected chi connectivity index (χ4v) is 2.59. The van der Waals surface area contributed by atoms with Gasteiger partial charge in [0.2, 0.25) is 5.78 Å². The van der Waals surface area contributed by atoms with Gasteiger partial charge in [-0.05, 0) is 56.3 Å². The van der Waals surface area contributed by atoms with Gasteiger partial charge in [0.05, 0.1) is 11.1 Å². The van der Waals surface area contributed by atoms with Crippen molar-refractivity contribution in [1.29, 1.82) is 0 Å². The number of aromatic nitrogens is 3. The summed E-state index contributed by atoms with van der Waals surface area (Å²) in [7, 11) is 0. The van der Waals surface area contributed by atoms with E-state index < -0.39 is 12.1 Å². The highest BCUT2D eigenvalue weighted by Crippen LogP contribution is 2.16. The van der Waals surface area contributed by atoms with Crippen LogP contribution in [0.4, 0.5) is 0 Å². The van der Waals surface area contributed by atoms with Crippen molar-refractivity contribution in [2.24, 2.45) is 0 Å². The van der Waals surface area contributed by atoms with Gasteiger partial charge in [0, 0.05) is 17.1 Å². The molecule has 128 valence electrons. The molecule has 1 atom stereocenters. The van der Waals surface area contributed by atoms with Crippen molar-refractivity contribution in [1.82, 2.24) is 15.0 Å². The summed E-state index contributed by atoms with van der Waals surface area (Å²) in [5, 5.41) is 8.56. The molecule has 0 N–H and O–H groups in total. The molecule has 0 saturated carbocycles. The quantitative estimate of drug-likeness (QED) is 0.516. The van der Waals surface area contributed by atoms with Crippen molar-refractivity contribution in [2.75, 3.05) is 0 Å². The summed E-state index contributed by atoms with van der Waals surface area (Å²) in [5.74, 6) is -0.870. The fraction of sp³-hybridized carbons (Fsp3) is 0.222. The van der Waals surface area contributed by atoms with Crippen LogP contribution in [-0.4, -0.2) is 32.9 Å². The number of ketones is 1. The van der Waals surface area contributed by atoms with Crippen LogP contribution in [-0.2, 0) is 11.3 Å². The van der Waals surface area contributed by atoms with Gasteiger partial charge in [0.25, 0.3) is 0 Å². The first-order valence-corrected chi connectivity index (χ1v) is 8.21. The van der Waals surface area contributed by atoms with E-state index in [0.717, 1.165) is 5.52 Å². The van der Waals surface area contributed by atoms with Crippen molar-refractivity contribution in [3.05, 3.63) is 58.6 Å². The number of rotatable bonds is 5. The molecule has 0 aliphatic heterocycles. The maximum absolute atomic E-state index is 12.3. The van der Waals surface area contributed by atoms with Gasteiger partial charge in [0.1, 0.15) is 5.52 Å². The second kappa shape index (κ2) is 7.03. The number of esters is 1. The largest absolute Gasteiger partial charge is 0.451 e. The van der Waals surface area contributed by atoms with Gasteiger partial charge in [-0.3, -0.25) is 4.79 Å². The molecule has 0 fully saturated rings. The molecule has 0 unspecified atom stereocenters. The molecule has 0 saturated heterocycles. The molecule has 0 bridgehead atoms. The number of nitrogens with zero attached hydrogens (tertiary/aromatic N) is 3. The van der Waals surface area contributed by atoms with Gasteiger partial charge in [-0.2, -0.15) is 0 Å². The third kappa shape index (κ3) is 3.53. The molecule has 0 aliphatic rings. The Morgan fingerprint density at radius 1 is 1.16 bits per heavy atom. The standard InChI is InChI=1S/C18H16ClN3O3/c1-3-22-16-9-6-13(10-15(16)20-21-22)18(24)25-11(2)17(23)12-4-7-14(19)8-5-12/h4-11H,3H2,1-2H3/t11-/m1/s1. The Bertz CT molecular complexity index is 934. The van der Waals surface area contributed by atoms with E-state index in [2.05, 4.69) is 10.3 Å². The van der Waals surface area contributed by atoms with Crippen molar-refractivity contribution in [3.63, 3.8) is 0 Å². The van der Waals surface area contributed by atoms with E-state index in [4.69, 9.17) is 16.3 Å². The van der Waals surface area contributed by atoms with E-state index in [0.29, 0.717) is 28.2 Å². The molecule has 3 aromatic rings. The van der Waals surface area contributed by atoms with Crippen LogP contribution in [0.15, 0.2) is 42.5 Å². The van der Waals surface area contributed by atoms with Crippen LogP contribution in [0.2, 0.25) is 5.02 Å². The van der Waals surface area contributed by atoms with Crippen molar-refractivity contribution in [3.8, 4) is 0 Å². The van der Waals surface area contributed by atoms with Gasteiger partial charge < -0.3 is 4.74 Å². The Hall–Kier alpha value is -2.73. The van der Waals surface area contributed by atoms with Gasteiger partial charge in [-0.1, -0.05) is 16.8 Å². The first kappa shape index (κ1) is 17.1. The lowest BCUT2D eigenvalue weighted by atomic mass is 10.1. The Morgan fingerprint density at radius 3 is 2.52 bits per heavy atom. The normalized spacial score (nSPS) is 12.1. The number of benzene rings is 2. The molecule has 1 heterocycles. The van der Waals surface area contributed by atoms with Crippen LogP contribution >= 0.6 is 11.6 Å². The molecule has 1 aromatic heterocycles. The highest BCUT2D eigenvalue weighted by atomic mass is 35.5. The number of halogens is 1. The molecule has 7 heteroatoms. The molecule has 25 heavy (non-hydrogen) atoms. The Kier molecular flexibility index (Phi) is 4.81. The molecule has 0 spiro atoms. The number of fused-ring (bicyclic) bond motifs is 1. The van der Waals surface area contributed by atoms with Crippen LogP contribution in [0.1, 0.15) is 34.6 Å². The van der Waals surface area contributed by atoms with Crippen LogP contribution in [0.3, 0.4) is 0 Å². The minimum atomic E-state index is -0.907. The highest BCUT2D eigenvalue weighted by Gasteiger charge is 2.21.